The Bertz CT molecular complexity index is 521. The van der Waals surface area contributed by atoms with Gasteiger partial charge in [0.15, 0.2) is 6.29 Å². The summed E-state index contributed by atoms with van der Waals surface area (Å²) in [6, 6.07) is -0.837. The number of nitrogens with one attached hydrogen (secondary N) is 1. The summed E-state index contributed by atoms with van der Waals surface area (Å²) in [4.78, 5) is 23.5. The molecule has 0 aromatic rings. The number of aliphatic hydroxyl groups is 3. The van der Waals surface area contributed by atoms with E-state index >= 15 is 0 Å². The second-order valence-electron chi connectivity index (χ2n) is 8.18. The van der Waals surface area contributed by atoms with Crippen LogP contribution in [0.1, 0.15) is 59.3 Å². The number of esters is 1. The number of unbranched alkanes of at least 4 members (excludes halogenated alkanes) is 2. The van der Waals surface area contributed by atoms with Crippen molar-refractivity contribution in [1.29, 1.82) is 0 Å². The number of methoxy groups -OCH3 is 2. The van der Waals surface area contributed by atoms with E-state index in [9.17, 15) is 24.9 Å². The van der Waals surface area contributed by atoms with Crippen LogP contribution in [0.15, 0.2) is 0 Å². The lowest BCUT2D eigenvalue weighted by Gasteiger charge is -2.49. The topological polar surface area (TPSA) is 135 Å². The Labute approximate surface area is 166 Å². The summed E-state index contributed by atoms with van der Waals surface area (Å²) in [6.45, 7) is 4.74. The van der Waals surface area contributed by atoms with Gasteiger partial charge in [-0.2, -0.15) is 0 Å². The molecule has 0 aromatic carbocycles. The van der Waals surface area contributed by atoms with Crippen molar-refractivity contribution in [3.05, 3.63) is 0 Å². The Morgan fingerprint density at radius 2 is 1.82 bits per heavy atom. The maximum absolute atomic E-state index is 12.3. The minimum absolute atomic E-state index is 0.147. The zero-order valence-electron chi connectivity index (χ0n) is 17.4. The number of rotatable bonds is 10. The van der Waals surface area contributed by atoms with Crippen LogP contribution in [0.4, 0.5) is 0 Å². The number of ether oxygens (including phenoxy) is 3. The molecule has 164 valence electrons. The Kier molecular flexibility index (Phi) is 9.29. The van der Waals surface area contributed by atoms with E-state index in [-0.39, 0.29) is 12.4 Å². The van der Waals surface area contributed by atoms with Gasteiger partial charge in [0.1, 0.15) is 12.2 Å². The summed E-state index contributed by atoms with van der Waals surface area (Å²) in [5.41, 5.74) is -2.25. The molecular weight excluding hydrogens is 370 g/mol. The maximum atomic E-state index is 12.3. The quantitative estimate of drug-likeness (QED) is 0.300. The summed E-state index contributed by atoms with van der Waals surface area (Å²) in [5.74, 6) is -0.714. The van der Waals surface area contributed by atoms with Crippen molar-refractivity contribution in [2.45, 2.75) is 95.0 Å². The molecule has 1 amide bonds. The summed E-state index contributed by atoms with van der Waals surface area (Å²) >= 11 is 0. The number of aliphatic hydroxyl groups excluding tert-OH is 2. The van der Waals surface area contributed by atoms with Crippen LogP contribution in [0.3, 0.4) is 0 Å². The lowest BCUT2D eigenvalue weighted by atomic mass is 9.81. The van der Waals surface area contributed by atoms with Crippen LogP contribution in [0.5, 0.6) is 0 Å². The maximum Gasteiger partial charge on any atom is 0.305 e. The van der Waals surface area contributed by atoms with E-state index in [4.69, 9.17) is 9.47 Å². The monoisotopic (exact) mass is 405 g/mol. The lowest BCUT2D eigenvalue weighted by Crippen LogP contribution is -2.69. The van der Waals surface area contributed by atoms with Crippen molar-refractivity contribution < 1.29 is 39.1 Å². The highest BCUT2D eigenvalue weighted by atomic mass is 16.7. The molecule has 1 saturated heterocycles. The van der Waals surface area contributed by atoms with Crippen LogP contribution in [0, 0.1) is 0 Å². The van der Waals surface area contributed by atoms with E-state index in [1.165, 1.54) is 28.1 Å². The third kappa shape index (κ3) is 7.29. The molecule has 0 saturated carbocycles. The Morgan fingerprint density at radius 3 is 2.36 bits per heavy atom. The number of carbonyl (C=O) groups is 2. The van der Waals surface area contributed by atoms with E-state index in [0.717, 1.165) is 6.42 Å². The van der Waals surface area contributed by atoms with Crippen LogP contribution < -0.4 is 5.32 Å². The molecule has 1 rings (SSSR count). The summed E-state index contributed by atoms with van der Waals surface area (Å²) in [5, 5.41) is 33.5. The molecule has 0 spiro atoms. The average Bonchev–Trinajstić information content (AvgIpc) is 2.56. The van der Waals surface area contributed by atoms with Gasteiger partial charge in [0.05, 0.1) is 30.8 Å². The van der Waals surface area contributed by atoms with Gasteiger partial charge in [-0.25, -0.2) is 0 Å². The Hall–Kier alpha value is -1.26. The number of carbonyl (C=O) groups excluding carboxylic acids is 2. The molecule has 9 nitrogen and oxygen atoms in total. The largest absolute Gasteiger partial charge is 0.469 e. The highest BCUT2D eigenvalue weighted by Crippen LogP contribution is 2.34. The van der Waals surface area contributed by atoms with Gasteiger partial charge in [-0.05, 0) is 33.6 Å². The van der Waals surface area contributed by atoms with Crippen LogP contribution in [0.25, 0.3) is 0 Å². The van der Waals surface area contributed by atoms with Crippen molar-refractivity contribution >= 4 is 11.9 Å². The lowest BCUT2D eigenvalue weighted by molar-refractivity contribution is -0.296. The number of hydrogen-bond acceptors (Lipinski definition) is 8. The molecule has 5 atom stereocenters. The van der Waals surface area contributed by atoms with Crippen molar-refractivity contribution in [3.8, 4) is 0 Å². The molecule has 0 aliphatic carbocycles. The van der Waals surface area contributed by atoms with Crippen LogP contribution in [0.2, 0.25) is 0 Å². The molecular formula is C19H35NO8. The van der Waals surface area contributed by atoms with Crippen LogP contribution in [-0.4, -0.2) is 77.2 Å². The molecule has 0 unspecified atom stereocenters. The first kappa shape index (κ1) is 24.8. The molecule has 0 aromatic heterocycles. The zero-order chi connectivity index (χ0) is 21.5. The molecule has 9 heteroatoms. The van der Waals surface area contributed by atoms with Gasteiger partial charge >= 0.3 is 5.97 Å². The van der Waals surface area contributed by atoms with Gasteiger partial charge in [-0.1, -0.05) is 12.8 Å². The number of amides is 1. The SMILES string of the molecule is COC(=O)CCCCC[C@]1(C)O[C@H](O)[C@H](OC)[C@@H](O)[C@@H]1NC(=O)CC(C)(C)O. The van der Waals surface area contributed by atoms with Crippen LogP contribution in [-0.2, 0) is 23.8 Å². The minimum atomic E-state index is -1.34. The third-order valence-corrected chi connectivity index (χ3v) is 4.97. The first-order valence-electron chi connectivity index (χ1n) is 9.59. The zero-order valence-corrected chi connectivity index (χ0v) is 17.4. The minimum Gasteiger partial charge on any atom is -0.469 e. The molecule has 0 radical (unpaired) electrons. The van der Waals surface area contributed by atoms with Gasteiger partial charge in [-0.15, -0.1) is 0 Å². The molecule has 1 aliphatic rings. The van der Waals surface area contributed by atoms with E-state index in [1.54, 1.807) is 6.92 Å². The Balaban J connectivity index is 2.81. The summed E-state index contributed by atoms with van der Waals surface area (Å²) in [6.07, 6.45) is -0.929. The molecule has 0 bridgehead atoms. The number of hydrogen-bond donors (Lipinski definition) is 4. The van der Waals surface area contributed by atoms with Crippen molar-refractivity contribution in [2.24, 2.45) is 0 Å². The van der Waals surface area contributed by atoms with Crippen molar-refractivity contribution in [2.75, 3.05) is 14.2 Å². The molecule has 1 fully saturated rings. The second-order valence-corrected chi connectivity index (χ2v) is 8.18. The predicted molar refractivity (Wildman–Crippen MR) is 100 cm³/mol. The van der Waals surface area contributed by atoms with E-state index in [1.807, 2.05) is 0 Å². The first-order chi connectivity index (χ1) is 12.9. The van der Waals surface area contributed by atoms with Gasteiger partial charge < -0.3 is 34.8 Å². The van der Waals surface area contributed by atoms with E-state index in [0.29, 0.717) is 25.7 Å². The highest BCUT2D eigenvalue weighted by Gasteiger charge is 2.52. The third-order valence-electron chi connectivity index (χ3n) is 4.97. The summed E-state index contributed by atoms with van der Waals surface area (Å²) in [7, 11) is 2.68. The molecule has 4 N–H and O–H groups in total. The second kappa shape index (κ2) is 10.5. The normalized spacial score (nSPS) is 30.7. The van der Waals surface area contributed by atoms with Gasteiger partial charge in [0.25, 0.3) is 0 Å². The smallest absolute Gasteiger partial charge is 0.305 e. The molecule has 1 aliphatic heterocycles. The average molecular weight is 405 g/mol. The Morgan fingerprint density at radius 1 is 1.18 bits per heavy atom. The van der Waals surface area contributed by atoms with Gasteiger partial charge in [0, 0.05) is 13.5 Å². The van der Waals surface area contributed by atoms with Gasteiger partial charge in [-0.3, -0.25) is 9.59 Å². The van der Waals surface area contributed by atoms with Crippen LogP contribution >= 0.6 is 0 Å². The highest BCUT2D eigenvalue weighted by molar-refractivity contribution is 5.77. The predicted octanol–water partition coefficient (Wildman–Crippen LogP) is 0.239. The van der Waals surface area contributed by atoms with Crippen molar-refractivity contribution in [3.63, 3.8) is 0 Å². The van der Waals surface area contributed by atoms with Gasteiger partial charge in [0.2, 0.25) is 5.91 Å². The first-order valence-corrected chi connectivity index (χ1v) is 9.59. The fraction of sp³-hybridized carbons (Fsp3) is 0.895. The van der Waals surface area contributed by atoms with E-state index in [2.05, 4.69) is 10.1 Å². The summed E-state index contributed by atoms with van der Waals surface area (Å²) < 4.78 is 15.5. The fourth-order valence-electron chi connectivity index (χ4n) is 3.49. The standard InChI is InChI=1S/C19H35NO8/c1-18(2,25)11-12(21)20-16-14(23)15(27-5)17(24)28-19(16,3)10-8-6-7-9-13(22)26-4/h14-17,23-25H,6-11H2,1-5H3,(H,20,21)/t14-,15-,16+,17+,19+/m1/s1. The molecule has 28 heavy (non-hydrogen) atoms. The molecule has 1 heterocycles. The fourth-order valence-corrected chi connectivity index (χ4v) is 3.49. The van der Waals surface area contributed by atoms with E-state index < -0.39 is 41.6 Å². The van der Waals surface area contributed by atoms with Crippen molar-refractivity contribution in [1.82, 2.24) is 5.32 Å².